The molecule has 3 N–H and O–H groups in total. The molecule has 2 rings (SSSR count). The molecule has 0 bridgehead atoms. The van der Waals surface area contributed by atoms with Gasteiger partial charge in [-0.15, -0.1) is 0 Å². The predicted molar refractivity (Wildman–Crippen MR) is 95.0 cm³/mol. The second-order valence-electron chi connectivity index (χ2n) is 6.47. The maximum atomic E-state index is 12.8. The molecule has 0 radical (unpaired) electrons. The van der Waals surface area contributed by atoms with E-state index in [2.05, 4.69) is 16.8 Å². The number of carbonyl (C=O) groups excluding carboxylic acids is 1. The lowest BCUT2D eigenvalue weighted by Crippen LogP contribution is -2.53. The quantitative estimate of drug-likeness (QED) is 0.719. The maximum Gasteiger partial charge on any atom is 0.305 e. The van der Waals surface area contributed by atoms with E-state index in [1.54, 1.807) is 11.1 Å². The summed E-state index contributed by atoms with van der Waals surface area (Å²) in [6.07, 6.45) is 3.81. The van der Waals surface area contributed by atoms with E-state index in [0.29, 0.717) is 13.0 Å². The number of pyridine rings is 1. The van der Waals surface area contributed by atoms with Gasteiger partial charge in [0.15, 0.2) is 0 Å². The Hall–Kier alpha value is -1.99. The summed E-state index contributed by atoms with van der Waals surface area (Å²) >= 11 is 0. The average Bonchev–Trinajstić information content (AvgIpc) is 2.62. The summed E-state index contributed by atoms with van der Waals surface area (Å²) < 4.78 is 0. The van der Waals surface area contributed by atoms with E-state index >= 15 is 0 Å². The Morgan fingerprint density at radius 2 is 2.12 bits per heavy atom. The summed E-state index contributed by atoms with van der Waals surface area (Å²) in [6.45, 7) is 5.55. The van der Waals surface area contributed by atoms with Crippen LogP contribution in [0.5, 0.6) is 0 Å². The van der Waals surface area contributed by atoms with Crippen molar-refractivity contribution in [2.75, 3.05) is 26.2 Å². The van der Waals surface area contributed by atoms with Crippen LogP contribution in [-0.2, 0) is 16.0 Å². The average molecular weight is 348 g/mol. The van der Waals surface area contributed by atoms with Crippen LogP contribution in [0.1, 0.15) is 31.9 Å². The number of nitrogens with two attached hydrogens (primary N) is 1. The SMILES string of the molecule is CCN1CCC(N(CCc2ccccn2)C(=O)[C@@H](N)CC(=O)O)CC1. The second-order valence-corrected chi connectivity index (χ2v) is 6.47. The van der Waals surface area contributed by atoms with Gasteiger partial charge < -0.3 is 20.6 Å². The molecule has 2 heterocycles. The van der Waals surface area contributed by atoms with Crippen molar-refractivity contribution in [3.8, 4) is 0 Å². The van der Waals surface area contributed by atoms with E-state index in [9.17, 15) is 9.59 Å². The van der Waals surface area contributed by atoms with Gasteiger partial charge >= 0.3 is 5.97 Å². The number of amides is 1. The number of carboxylic acids is 1. The van der Waals surface area contributed by atoms with Crippen molar-refractivity contribution in [2.24, 2.45) is 5.73 Å². The van der Waals surface area contributed by atoms with Crippen LogP contribution in [0.3, 0.4) is 0 Å². The first-order valence-electron chi connectivity index (χ1n) is 8.91. The highest BCUT2D eigenvalue weighted by molar-refractivity contribution is 5.86. The predicted octanol–water partition coefficient (Wildman–Crippen LogP) is 0.739. The van der Waals surface area contributed by atoms with Gasteiger partial charge in [0.1, 0.15) is 0 Å². The Balaban J connectivity index is 2.04. The second kappa shape index (κ2) is 9.48. The van der Waals surface area contributed by atoms with Gasteiger partial charge in [-0.25, -0.2) is 0 Å². The summed E-state index contributed by atoms with van der Waals surface area (Å²) in [4.78, 5) is 32.1. The van der Waals surface area contributed by atoms with E-state index in [0.717, 1.165) is 38.2 Å². The van der Waals surface area contributed by atoms with Crippen LogP contribution in [0.15, 0.2) is 24.4 Å². The summed E-state index contributed by atoms with van der Waals surface area (Å²) in [7, 11) is 0. The zero-order valence-corrected chi connectivity index (χ0v) is 14.8. The molecule has 1 aliphatic heterocycles. The monoisotopic (exact) mass is 348 g/mol. The van der Waals surface area contributed by atoms with Gasteiger partial charge in [-0.3, -0.25) is 14.6 Å². The number of hydrogen-bond donors (Lipinski definition) is 2. The first-order valence-corrected chi connectivity index (χ1v) is 8.91. The number of aliphatic carboxylic acids is 1. The van der Waals surface area contributed by atoms with E-state index in [1.165, 1.54) is 0 Å². The minimum atomic E-state index is -1.05. The molecule has 1 saturated heterocycles. The zero-order valence-electron chi connectivity index (χ0n) is 14.8. The molecule has 1 atom stereocenters. The Morgan fingerprint density at radius 1 is 1.40 bits per heavy atom. The fourth-order valence-corrected chi connectivity index (χ4v) is 3.29. The fourth-order valence-electron chi connectivity index (χ4n) is 3.29. The van der Waals surface area contributed by atoms with Crippen molar-refractivity contribution in [3.05, 3.63) is 30.1 Å². The number of likely N-dealkylation sites (tertiary alicyclic amines) is 1. The number of carboxylic acid groups (broad SMARTS) is 1. The number of carbonyl (C=O) groups is 2. The molecule has 0 unspecified atom stereocenters. The van der Waals surface area contributed by atoms with E-state index in [1.807, 2.05) is 18.2 Å². The van der Waals surface area contributed by atoms with Crippen LogP contribution >= 0.6 is 0 Å². The smallest absolute Gasteiger partial charge is 0.305 e. The Bertz CT molecular complexity index is 559. The first kappa shape index (κ1) is 19.3. The van der Waals surface area contributed by atoms with Crippen LogP contribution in [-0.4, -0.2) is 70.0 Å². The normalized spacial score (nSPS) is 17.2. The van der Waals surface area contributed by atoms with E-state index in [4.69, 9.17) is 10.8 Å². The highest BCUT2D eigenvalue weighted by atomic mass is 16.4. The van der Waals surface area contributed by atoms with Crippen LogP contribution in [0.4, 0.5) is 0 Å². The van der Waals surface area contributed by atoms with Gasteiger partial charge in [0, 0.05) is 44.0 Å². The molecule has 1 fully saturated rings. The summed E-state index contributed by atoms with van der Waals surface area (Å²) in [6, 6.07) is 4.82. The standard InChI is InChI=1S/C18H28N4O3/c1-2-21-10-7-15(8-11-21)22(18(25)16(19)13-17(23)24)12-6-14-5-3-4-9-20-14/h3-5,9,15-16H,2,6-8,10-13,19H2,1H3,(H,23,24)/t16-/m0/s1. The third kappa shape index (κ3) is 5.79. The molecular weight excluding hydrogens is 320 g/mol. The lowest BCUT2D eigenvalue weighted by molar-refractivity contribution is -0.143. The molecule has 1 aromatic heterocycles. The third-order valence-electron chi connectivity index (χ3n) is 4.77. The molecule has 25 heavy (non-hydrogen) atoms. The van der Waals surface area contributed by atoms with Crippen LogP contribution in [0.2, 0.25) is 0 Å². The topological polar surface area (TPSA) is 99.8 Å². The number of rotatable bonds is 8. The fraction of sp³-hybridized carbons (Fsp3) is 0.611. The summed E-state index contributed by atoms with van der Waals surface area (Å²) in [5.74, 6) is -1.32. The molecule has 0 saturated carbocycles. The Labute approximate surface area is 148 Å². The zero-order chi connectivity index (χ0) is 18.2. The van der Waals surface area contributed by atoms with Crippen molar-refractivity contribution in [2.45, 2.75) is 44.7 Å². The molecule has 138 valence electrons. The number of nitrogens with zero attached hydrogens (tertiary/aromatic N) is 3. The lowest BCUT2D eigenvalue weighted by Gasteiger charge is -2.39. The molecule has 0 aliphatic carbocycles. The van der Waals surface area contributed by atoms with E-state index in [-0.39, 0.29) is 18.4 Å². The largest absolute Gasteiger partial charge is 0.481 e. The first-order chi connectivity index (χ1) is 12.0. The molecule has 1 amide bonds. The summed E-state index contributed by atoms with van der Waals surface area (Å²) in [5, 5.41) is 8.93. The molecule has 1 aliphatic rings. The van der Waals surface area contributed by atoms with Crippen molar-refractivity contribution in [1.29, 1.82) is 0 Å². The molecule has 7 heteroatoms. The summed E-state index contributed by atoms with van der Waals surface area (Å²) in [5.41, 5.74) is 6.76. The minimum Gasteiger partial charge on any atom is -0.481 e. The van der Waals surface area contributed by atoms with E-state index < -0.39 is 12.0 Å². The van der Waals surface area contributed by atoms with Crippen LogP contribution in [0, 0.1) is 0 Å². The van der Waals surface area contributed by atoms with Gasteiger partial charge in [-0.2, -0.15) is 0 Å². The van der Waals surface area contributed by atoms with Crippen molar-refractivity contribution >= 4 is 11.9 Å². The van der Waals surface area contributed by atoms with Gasteiger partial charge in [0.05, 0.1) is 12.5 Å². The molecule has 1 aromatic rings. The van der Waals surface area contributed by atoms with Gasteiger partial charge in [-0.05, 0) is 31.5 Å². The van der Waals surface area contributed by atoms with Crippen molar-refractivity contribution in [3.63, 3.8) is 0 Å². The van der Waals surface area contributed by atoms with Crippen molar-refractivity contribution < 1.29 is 14.7 Å². The van der Waals surface area contributed by atoms with Gasteiger partial charge in [0.25, 0.3) is 0 Å². The van der Waals surface area contributed by atoms with Gasteiger partial charge in [0.2, 0.25) is 5.91 Å². The third-order valence-corrected chi connectivity index (χ3v) is 4.77. The highest BCUT2D eigenvalue weighted by Crippen LogP contribution is 2.18. The van der Waals surface area contributed by atoms with Crippen LogP contribution < -0.4 is 5.73 Å². The molecule has 0 aromatic carbocycles. The molecular formula is C18H28N4O3. The number of hydrogen-bond acceptors (Lipinski definition) is 5. The maximum absolute atomic E-state index is 12.8. The highest BCUT2D eigenvalue weighted by Gasteiger charge is 2.31. The Morgan fingerprint density at radius 3 is 2.68 bits per heavy atom. The van der Waals surface area contributed by atoms with Crippen LogP contribution in [0.25, 0.3) is 0 Å². The van der Waals surface area contributed by atoms with Crippen molar-refractivity contribution in [1.82, 2.24) is 14.8 Å². The lowest BCUT2D eigenvalue weighted by atomic mass is 10.0. The molecule has 0 spiro atoms. The van der Waals surface area contributed by atoms with Gasteiger partial charge in [-0.1, -0.05) is 13.0 Å². The minimum absolute atomic E-state index is 0.110. The number of piperidine rings is 1. The molecule has 7 nitrogen and oxygen atoms in total. The number of aromatic nitrogens is 1. The Kier molecular flexibility index (Phi) is 7.33.